The van der Waals surface area contributed by atoms with Gasteiger partial charge in [-0.15, -0.1) is 0 Å². The van der Waals surface area contributed by atoms with Gasteiger partial charge in [-0.2, -0.15) is 0 Å². The second-order valence-electron chi connectivity index (χ2n) is 4.92. The molecule has 1 heterocycles. The first kappa shape index (κ1) is 11.6. The van der Waals surface area contributed by atoms with Crippen LogP contribution in [0.2, 0.25) is 0 Å². The summed E-state index contributed by atoms with van der Waals surface area (Å²) < 4.78 is 0. The van der Waals surface area contributed by atoms with Gasteiger partial charge < -0.3 is 10.6 Å². The van der Waals surface area contributed by atoms with Crippen molar-refractivity contribution in [2.75, 3.05) is 19.6 Å². The third-order valence-corrected chi connectivity index (χ3v) is 3.54. The van der Waals surface area contributed by atoms with Crippen molar-refractivity contribution < 1.29 is 0 Å². The minimum atomic E-state index is 0.659. The molecule has 2 heteroatoms. The van der Waals surface area contributed by atoms with Gasteiger partial charge in [-0.3, -0.25) is 0 Å². The third kappa shape index (κ3) is 2.83. The fourth-order valence-corrected chi connectivity index (χ4v) is 2.51. The molecule has 0 radical (unpaired) electrons. The Morgan fingerprint density at radius 1 is 1.31 bits per heavy atom. The van der Waals surface area contributed by atoms with Crippen LogP contribution in [0.1, 0.15) is 24.5 Å². The van der Waals surface area contributed by atoms with Crippen LogP contribution in [0.15, 0.2) is 24.3 Å². The van der Waals surface area contributed by atoms with E-state index in [1.807, 2.05) is 0 Å². The molecule has 1 unspecified atom stereocenters. The van der Waals surface area contributed by atoms with Gasteiger partial charge in [-0.05, 0) is 36.4 Å². The molecule has 0 aromatic heterocycles. The molecule has 0 bridgehead atoms. The Morgan fingerprint density at radius 3 is 2.69 bits per heavy atom. The second-order valence-corrected chi connectivity index (χ2v) is 4.92. The Bertz CT molecular complexity index is 335. The van der Waals surface area contributed by atoms with E-state index >= 15 is 0 Å². The Hall–Kier alpha value is -0.860. The van der Waals surface area contributed by atoms with Crippen molar-refractivity contribution in [1.82, 2.24) is 4.90 Å². The lowest BCUT2D eigenvalue weighted by Crippen LogP contribution is -2.23. The zero-order valence-corrected chi connectivity index (χ0v) is 10.2. The van der Waals surface area contributed by atoms with Crippen molar-refractivity contribution in [2.24, 2.45) is 11.7 Å². The highest BCUT2D eigenvalue weighted by atomic mass is 15.1. The molecule has 1 aliphatic rings. The van der Waals surface area contributed by atoms with Gasteiger partial charge in [0.1, 0.15) is 0 Å². The Balaban J connectivity index is 1.89. The SMILES string of the molecule is CC1CCN(CCc2ccccc2CN)C1. The van der Waals surface area contributed by atoms with Gasteiger partial charge in [0.2, 0.25) is 0 Å². The normalized spacial score (nSPS) is 21.5. The zero-order chi connectivity index (χ0) is 11.4. The fraction of sp³-hybridized carbons (Fsp3) is 0.571. The smallest absolute Gasteiger partial charge is 0.0180 e. The standard InChI is InChI=1S/C14H22N2/c1-12-6-8-16(11-12)9-7-13-4-2-3-5-14(13)10-15/h2-5,12H,6-11,15H2,1H3. The minimum absolute atomic E-state index is 0.659. The summed E-state index contributed by atoms with van der Waals surface area (Å²) in [7, 11) is 0. The van der Waals surface area contributed by atoms with Gasteiger partial charge in [0.15, 0.2) is 0 Å². The highest BCUT2D eigenvalue weighted by Crippen LogP contribution is 2.16. The largest absolute Gasteiger partial charge is 0.326 e. The Kier molecular flexibility index (Phi) is 3.97. The zero-order valence-electron chi connectivity index (χ0n) is 10.2. The van der Waals surface area contributed by atoms with E-state index in [0.717, 1.165) is 12.3 Å². The quantitative estimate of drug-likeness (QED) is 0.838. The van der Waals surface area contributed by atoms with Gasteiger partial charge in [-0.25, -0.2) is 0 Å². The summed E-state index contributed by atoms with van der Waals surface area (Å²) in [5, 5.41) is 0. The van der Waals surface area contributed by atoms with E-state index in [2.05, 4.69) is 36.1 Å². The molecule has 16 heavy (non-hydrogen) atoms. The number of nitrogens with two attached hydrogens (primary N) is 1. The maximum absolute atomic E-state index is 5.74. The maximum Gasteiger partial charge on any atom is 0.0180 e. The molecule has 0 spiro atoms. The van der Waals surface area contributed by atoms with Crippen LogP contribution in [0.25, 0.3) is 0 Å². The van der Waals surface area contributed by atoms with Crippen LogP contribution in [0, 0.1) is 5.92 Å². The van der Waals surface area contributed by atoms with Crippen LogP contribution in [0.5, 0.6) is 0 Å². The van der Waals surface area contributed by atoms with Crippen molar-refractivity contribution in [3.8, 4) is 0 Å². The number of nitrogens with zero attached hydrogens (tertiary/aromatic N) is 1. The Labute approximate surface area is 98.4 Å². The van der Waals surface area contributed by atoms with Crippen molar-refractivity contribution in [3.63, 3.8) is 0 Å². The first-order valence-electron chi connectivity index (χ1n) is 6.29. The predicted octanol–water partition coefficient (Wildman–Crippen LogP) is 2.03. The summed E-state index contributed by atoms with van der Waals surface area (Å²) in [6.45, 7) is 6.72. The number of hydrogen-bond acceptors (Lipinski definition) is 2. The molecule has 0 amide bonds. The molecule has 0 aliphatic carbocycles. The monoisotopic (exact) mass is 218 g/mol. The molecule has 2 N–H and O–H groups in total. The summed E-state index contributed by atoms with van der Waals surface area (Å²) in [4.78, 5) is 2.57. The van der Waals surface area contributed by atoms with Crippen molar-refractivity contribution >= 4 is 0 Å². The Morgan fingerprint density at radius 2 is 2.06 bits per heavy atom. The lowest BCUT2D eigenvalue weighted by atomic mass is 10.0. The van der Waals surface area contributed by atoms with E-state index < -0.39 is 0 Å². The summed E-state index contributed by atoms with van der Waals surface area (Å²) in [6, 6.07) is 8.54. The molecule has 1 saturated heterocycles. The molecule has 0 saturated carbocycles. The van der Waals surface area contributed by atoms with Crippen molar-refractivity contribution in [2.45, 2.75) is 26.3 Å². The molecule has 1 fully saturated rings. The average molecular weight is 218 g/mol. The predicted molar refractivity (Wildman–Crippen MR) is 68.3 cm³/mol. The van der Waals surface area contributed by atoms with E-state index in [9.17, 15) is 0 Å². The fourth-order valence-electron chi connectivity index (χ4n) is 2.51. The number of rotatable bonds is 4. The van der Waals surface area contributed by atoms with Gasteiger partial charge >= 0.3 is 0 Å². The average Bonchev–Trinajstić information content (AvgIpc) is 2.73. The first-order chi connectivity index (χ1) is 7.79. The summed E-state index contributed by atoms with van der Waals surface area (Å²) in [6.07, 6.45) is 2.50. The van der Waals surface area contributed by atoms with Gasteiger partial charge in [-0.1, -0.05) is 31.2 Å². The molecule has 88 valence electrons. The molecule has 1 aliphatic heterocycles. The van der Waals surface area contributed by atoms with Crippen LogP contribution in [0.4, 0.5) is 0 Å². The van der Waals surface area contributed by atoms with Crippen LogP contribution in [-0.4, -0.2) is 24.5 Å². The van der Waals surface area contributed by atoms with Crippen molar-refractivity contribution in [1.29, 1.82) is 0 Å². The minimum Gasteiger partial charge on any atom is -0.326 e. The van der Waals surface area contributed by atoms with Gasteiger partial charge in [0, 0.05) is 19.6 Å². The third-order valence-electron chi connectivity index (χ3n) is 3.54. The van der Waals surface area contributed by atoms with E-state index in [1.54, 1.807) is 0 Å². The molecular formula is C14H22N2. The summed E-state index contributed by atoms with van der Waals surface area (Å²) >= 11 is 0. The maximum atomic E-state index is 5.74. The summed E-state index contributed by atoms with van der Waals surface area (Å²) in [5.41, 5.74) is 8.46. The topological polar surface area (TPSA) is 29.3 Å². The van der Waals surface area contributed by atoms with E-state index in [1.165, 1.54) is 37.2 Å². The van der Waals surface area contributed by atoms with Crippen molar-refractivity contribution in [3.05, 3.63) is 35.4 Å². The molecule has 1 atom stereocenters. The lowest BCUT2D eigenvalue weighted by molar-refractivity contribution is 0.332. The lowest BCUT2D eigenvalue weighted by Gasteiger charge is -2.16. The number of hydrogen-bond donors (Lipinski definition) is 1. The second kappa shape index (κ2) is 5.46. The van der Waals surface area contributed by atoms with Crippen LogP contribution in [0.3, 0.4) is 0 Å². The van der Waals surface area contributed by atoms with E-state index in [-0.39, 0.29) is 0 Å². The van der Waals surface area contributed by atoms with Gasteiger partial charge in [0.05, 0.1) is 0 Å². The van der Waals surface area contributed by atoms with E-state index in [4.69, 9.17) is 5.73 Å². The van der Waals surface area contributed by atoms with Crippen LogP contribution < -0.4 is 5.73 Å². The van der Waals surface area contributed by atoms with E-state index in [0.29, 0.717) is 6.54 Å². The van der Waals surface area contributed by atoms with Gasteiger partial charge in [0.25, 0.3) is 0 Å². The summed E-state index contributed by atoms with van der Waals surface area (Å²) in [5.74, 6) is 0.879. The highest BCUT2D eigenvalue weighted by Gasteiger charge is 2.17. The first-order valence-corrected chi connectivity index (χ1v) is 6.29. The number of likely N-dealkylation sites (tertiary alicyclic amines) is 1. The molecule has 2 rings (SSSR count). The van der Waals surface area contributed by atoms with Crippen LogP contribution in [-0.2, 0) is 13.0 Å². The van der Waals surface area contributed by atoms with Crippen LogP contribution >= 0.6 is 0 Å². The highest BCUT2D eigenvalue weighted by molar-refractivity contribution is 5.27. The molecule has 1 aromatic carbocycles. The number of benzene rings is 1. The molecular weight excluding hydrogens is 196 g/mol. The molecule has 1 aromatic rings. The molecule has 2 nitrogen and oxygen atoms in total.